The maximum absolute atomic E-state index is 14.5. The molecule has 4 rings (SSSR count). The number of likely N-dealkylation sites (tertiary alicyclic amines) is 1. The Bertz CT molecular complexity index is 901. The smallest absolute Gasteiger partial charge is 0.312 e. The summed E-state index contributed by atoms with van der Waals surface area (Å²) in [5, 5.41) is 9.39. The van der Waals surface area contributed by atoms with Crippen molar-refractivity contribution in [3.8, 4) is 0 Å². The summed E-state index contributed by atoms with van der Waals surface area (Å²) in [5.41, 5.74) is -1.83. The molecule has 1 saturated carbocycles. The van der Waals surface area contributed by atoms with E-state index in [2.05, 4.69) is 13.2 Å². The van der Waals surface area contributed by atoms with Gasteiger partial charge in [0, 0.05) is 25.7 Å². The largest absolute Gasteiger partial charge is 0.465 e. The van der Waals surface area contributed by atoms with Crippen LogP contribution in [0.2, 0.25) is 0 Å². The zero-order valence-corrected chi connectivity index (χ0v) is 23.1. The number of aliphatic hydroxyl groups excluding tert-OH is 1. The molecule has 0 aromatic rings. The Labute approximate surface area is 227 Å². The van der Waals surface area contributed by atoms with Gasteiger partial charge in [-0.3, -0.25) is 14.4 Å². The maximum atomic E-state index is 14.5. The third kappa shape index (κ3) is 4.94. The number of carbonyl (C=O) groups is 3. The third-order valence-electron chi connectivity index (χ3n) is 9.40. The molecule has 38 heavy (non-hydrogen) atoms. The highest BCUT2D eigenvalue weighted by molar-refractivity contribution is 5.98. The van der Waals surface area contributed by atoms with Crippen molar-refractivity contribution in [3.05, 3.63) is 25.3 Å². The minimum Gasteiger partial charge on any atom is -0.465 e. The number of rotatable bonds is 14. The van der Waals surface area contributed by atoms with Crippen LogP contribution in [-0.2, 0) is 23.9 Å². The van der Waals surface area contributed by atoms with Crippen molar-refractivity contribution in [2.45, 2.75) is 107 Å². The fourth-order valence-electron chi connectivity index (χ4n) is 7.59. The summed E-state index contributed by atoms with van der Waals surface area (Å²) >= 11 is 0. The fraction of sp³-hybridized carbons (Fsp3) is 0.767. The lowest BCUT2D eigenvalue weighted by Gasteiger charge is -2.40. The fourth-order valence-corrected chi connectivity index (χ4v) is 7.59. The third-order valence-corrected chi connectivity index (χ3v) is 9.40. The lowest BCUT2D eigenvalue weighted by atomic mass is 9.65. The molecule has 0 aromatic carbocycles. The summed E-state index contributed by atoms with van der Waals surface area (Å²) in [6.07, 6.45) is 13.1. The van der Waals surface area contributed by atoms with Gasteiger partial charge in [-0.25, -0.2) is 0 Å². The highest BCUT2D eigenvalue weighted by Crippen LogP contribution is 2.64. The molecule has 2 bridgehead atoms. The molecule has 1 N–H and O–H groups in total. The van der Waals surface area contributed by atoms with Gasteiger partial charge in [0.2, 0.25) is 11.8 Å². The number of allylic oxidation sites excluding steroid dienone is 1. The number of fused-ring (bicyclic) bond motifs is 1. The highest BCUT2D eigenvalue weighted by atomic mass is 16.6. The van der Waals surface area contributed by atoms with Gasteiger partial charge < -0.3 is 24.4 Å². The van der Waals surface area contributed by atoms with Crippen LogP contribution in [0.1, 0.15) is 84.0 Å². The van der Waals surface area contributed by atoms with Crippen LogP contribution in [0.4, 0.5) is 0 Å². The predicted molar refractivity (Wildman–Crippen MR) is 144 cm³/mol. The summed E-state index contributed by atoms with van der Waals surface area (Å²) < 4.78 is 12.5. The van der Waals surface area contributed by atoms with Crippen LogP contribution in [0.3, 0.4) is 0 Å². The van der Waals surface area contributed by atoms with E-state index >= 15 is 0 Å². The van der Waals surface area contributed by atoms with Crippen LogP contribution < -0.4 is 0 Å². The molecule has 0 radical (unpaired) electrons. The van der Waals surface area contributed by atoms with Gasteiger partial charge in [0.1, 0.15) is 17.6 Å². The Morgan fingerprint density at radius 1 is 1.16 bits per heavy atom. The average molecular weight is 531 g/mol. The van der Waals surface area contributed by atoms with Crippen molar-refractivity contribution < 1.29 is 29.0 Å². The molecule has 1 aliphatic carbocycles. The predicted octanol–water partition coefficient (Wildman–Crippen LogP) is 3.77. The van der Waals surface area contributed by atoms with Gasteiger partial charge in [0.15, 0.2) is 0 Å². The van der Waals surface area contributed by atoms with Gasteiger partial charge in [-0.2, -0.15) is 0 Å². The molecule has 0 aromatic heterocycles. The van der Waals surface area contributed by atoms with E-state index in [4.69, 9.17) is 9.47 Å². The Kier molecular flexibility index (Phi) is 9.35. The lowest BCUT2D eigenvalue weighted by Crippen LogP contribution is -2.58. The van der Waals surface area contributed by atoms with E-state index in [1.165, 1.54) is 6.42 Å². The topological polar surface area (TPSA) is 96.4 Å². The molecule has 2 amide bonds. The number of amides is 2. The van der Waals surface area contributed by atoms with E-state index in [9.17, 15) is 19.5 Å². The highest BCUT2D eigenvalue weighted by Gasteiger charge is 2.79. The summed E-state index contributed by atoms with van der Waals surface area (Å²) in [5.74, 6) is -2.13. The van der Waals surface area contributed by atoms with E-state index in [-0.39, 0.29) is 31.1 Å². The second-order valence-corrected chi connectivity index (χ2v) is 11.5. The van der Waals surface area contributed by atoms with E-state index in [0.29, 0.717) is 51.6 Å². The van der Waals surface area contributed by atoms with Crippen LogP contribution >= 0.6 is 0 Å². The van der Waals surface area contributed by atoms with E-state index in [1.54, 1.807) is 17.1 Å². The number of carbonyl (C=O) groups excluding carboxylic acids is 3. The molecule has 8 heteroatoms. The van der Waals surface area contributed by atoms with Crippen LogP contribution in [-0.4, -0.2) is 82.3 Å². The number of hydrogen-bond acceptors (Lipinski definition) is 6. The Morgan fingerprint density at radius 2 is 1.92 bits per heavy atom. The first-order valence-electron chi connectivity index (χ1n) is 14.7. The molecule has 4 aliphatic rings. The number of unbranched alkanes of at least 4 members (excludes halogenated alkanes) is 2. The standard InChI is InChI=1S/C30H46N2O6/c1-4-7-13-21-37-28(36)24-23-26(34)32(19-11-12-20-33)25(30(23)17-16-29(24,6-3)38-30)27(35)31(18-5-2)22-14-9-8-10-15-22/h4-5,22-25,33H,1-2,6-21H2,3H3/t23-,24+,25?,29-,30?/m0/s1. The molecule has 3 heterocycles. The first kappa shape index (κ1) is 28.8. The van der Waals surface area contributed by atoms with Crippen LogP contribution in [0, 0.1) is 11.8 Å². The van der Waals surface area contributed by atoms with Crippen molar-refractivity contribution in [1.82, 2.24) is 9.80 Å². The summed E-state index contributed by atoms with van der Waals surface area (Å²) in [4.78, 5) is 45.8. The average Bonchev–Trinajstić information content (AvgIpc) is 3.53. The Morgan fingerprint density at radius 3 is 2.58 bits per heavy atom. The van der Waals surface area contributed by atoms with Crippen molar-refractivity contribution in [3.63, 3.8) is 0 Å². The zero-order chi connectivity index (χ0) is 27.3. The van der Waals surface area contributed by atoms with E-state index < -0.39 is 35.0 Å². The normalized spacial score (nSPS) is 32.3. The SMILES string of the molecule is C=CCCCOC(=O)[C@H]1[C@H]2C(=O)N(CCCCO)C(C(=O)N(CC=C)C3CCCCC3)C23CC[C@]1(CC)O3. The summed E-state index contributed by atoms with van der Waals surface area (Å²) in [7, 11) is 0. The van der Waals surface area contributed by atoms with Crippen LogP contribution in [0.15, 0.2) is 25.3 Å². The Hall–Kier alpha value is -2.19. The molecule has 3 saturated heterocycles. The van der Waals surface area contributed by atoms with Crippen molar-refractivity contribution in [2.24, 2.45) is 11.8 Å². The molecule has 1 spiro atoms. The second kappa shape index (κ2) is 12.3. The molecule has 5 atom stereocenters. The molecule has 212 valence electrons. The van der Waals surface area contributed by atoms with Gasteiger partial charge in [-0.05, 0) is 57.8 Å². The lowest BCUT2D eigenvalue weighted by molar-refractivity contribution is -0.162. The van der Waals surface area contributed by atoms with Gasteiger partial charge in [0.05, 0.1) is 18.1 Å². The number of hydrogen-bond donors (Lipinski definition) is 1. The maximum Gasteiger partial charge on any atom is 0.312 e. The van der Waals surface area contributed by atoms with Crippen molar-refractivity contribution in [1.29, 1.82) is 0 Å². The summed E-state index contributed by atoms with van der Waals surface area (Å²) in [6, 6.07) is -0.670. The molecule has 3 aliphatic heterocycles. The molecule has 8 nitrogen and oxygen atoms in total. The summed E-state index contributed by atoms with van der Waals surface area (Å²) in [6.45, 7) is 10.7. The van der Waals surface area contributed by atoms with Gasteiger partial charge in [0.25, 0.3) is 0 Å². The van der Waals surface area contributed by atoms with Crippen molar-refractivity contribution in [2.75, 3.05) is 26.3 Å². The van der Waals surface area contributed by atoms with Gasteiger partial charge in [-0.1, -0.05) is 38.3 Å². The minimum absolute atomic E-state index is 0.0228. The van der Waals surface area contributed by atoms with Gasteiger partial charge in [-0.15, -0.1) is 13.2 Å². The minimum atomic E-state index is -1.04. The van der Waals surface area contributed by atoms with Crippen LogP contribution in [0.5, 0.6) is 0 Å². The van der Waals surface area contributed by atoms with Crippen molar-refractivity contribution >= 4 is 17.8 Å². The van der Waals surface area contributed by atoms with Crippen LogP contribution in [0.25, 0.3) is 0 Å². The zero-order valence-electron chi connectivity index (χ0n) is 23.1. The molecule has 4 fully saturated rings. The molecular weight excluding hydrogens is 484 g/mol. The Balaban J connectivity index is 1.69. The molecular formula is C30H46N2O6. The molecule has 2 unspecified atom stereocenters. The number of esters is 1. The number of ether oxygens (including phenoxy) is 2. The number of aliphatic hydroxyl groups is 1. The second-order valence-electron chi connectivity index (χ2n) is 11.5. The monoisotopic (exact) mass is 530 g/mol. The quantitative estimate of drug-likeness (QED) is 0.209. The van der Waals surface area contributed by atoms with E-state index in [0.717, 1.165) is 32.1 Å². The first-order valence-corrected chi connectivity index (χ1v) is 14.7. The van der Waals surface area contributed by atoms with E-state index in [1.807, 2.05) is 11.8 Å². The van der Waals surface area contributed by atoms with Gasteiger partial charge >= 0.3 is 5.97 Å². The first-order chi connectivity index (χ1) is 18.4. The number of nitrogens with zero attached hydrogens (tertiary/aromatic N) is 2.